The molecule has 1 aliphatic rings. The first kappa shape index (κ1) is 19.9. The lowest BCUT2D eigenvalue weighted by Gasteiger charge is -2.38. The molecule has 5 heteroatoms. The number of hydrogen-bond donors (Lipinski definition) is 1. The molecule has 5 nitrogen and oxygen atoms in total. The Morgan fingerprint density at radius 1 is 0.857 bits per heavy atom. The molecule has 0 radical (unpaired) electrons. The monoisotopic (exact) mass is 379 g/mol. The van der Waals surface area contributed by atoms with Crippen LogP contribution in [0.4, 0.5) is 11.4 Å². The minimum atomic E-state index is -0.334. The normalized spacial score (nSPS) is 14.7. The highest BCUT2D eigenvalue weighted by molar-refractivity contribution is 6.04. The van der Waals surface area contributed by atoms with Crippen molar-refractivity contribution in [2.24, 2.45) is 5.41 Å². The number of hydrogen-bond acceptors (Lipinski definition) is 3. The van der Waals surface area contributed by atoms with E-state index >= 15 is 0 Å². The first-order valence-corrected chi connectivity index (χ1v) is 9.76. The number of carbonyl (C=O) groups is 2. The number of aryl methyl sites for hydroxylation is 1. The van der Waals surface area contributed by atoms with E-state index in [0.717, 1.165) is 43.1 Å². The maximum atomic E-state index is 12.4. The first-order valence-electron chi connectivity index (χ1n) is 9.76. The van der Waals surface area contributed by atoms with E-state index in [2.05, 4.69) is 10.2 Å². The largest absolute Gasteiger partial charge is 0.368 e. The van der Waals surface area contributed by atoms with Gasteiger partial charge in [-0.05, 0) is 43.3 Å². The van der Waals surface area contributed by atoms with Crippen LogP contribution in [0.3, 0.4) is 0 Å². The van der Waals surface area contributed by atoms with Gasteiger partial charge in [0, 0.05) is 48.5 Å². The summed E-state index contributed by atoms with van der Waals surface area (Å²) >= 11 is 0. The third-order valence-corrected chi connectivity index (χ3v) is 5.01. The van der Waals surface area contributed by atoms with Crippen LogP contribution in [-0.4, -0.2) is 42.9 Å². The lowest BCUT2D eigenvalue weighted by atomic mass is 9.94. The topological polar surface area (TPSA) is 52.7 Å². The summed E-state index contributed by atoms with van der Waals surface area (Å²) in [7, 11) is 0. The van der Waals surface area contributed by atoms with Crippen LogP contribution in [-0.2, 0) is 4.79 Å². The maximum absolute atomic E-state index is 12.4. The van der Waals surface area contributed by atoms with Crippen molar-refractivity contribution in [1.29, 1.82) is 0 Å². The van der Waals surface area contributed by atoms with Crippen LogP contribution in [0.2, 0.25) is 0 Å². The van der Waals surface area contributed by atoms with Gasteiger partial charge in [0.05, 0.1) is 0 Å². The Hall–Kier alpha value is -2.82. The molecule has 0 unspecified atom stereocenters. The number of amides is 2. The molecule has 0 spiro atoms. The van der Waals surface area contributed by atoms with Crippen molar-refractivity contribution in [1.82, 2.24) is 4.90 Å². The molecule has 28 heavy (non-hydrogen) atoms. The highest BCUT2D eigenvalue weighted by Crippen LogP contribution is 2.23. The van der Waals surface area contributed by atoms with Gasteiger partial charge in [0.25, 0.3) is 5.91 Å². The quantitative estimate of drug-likeness (QED) is 0.879. The van der Waals surface area contributed by atoms with Crippen molar-refractivity contribution in [2.75, 3.05) is 36.4 Å². The summed E-state index contributed by atoms with van der Waals surface area (Å²) in [5.74, 6) is 0.100. The zero-order valence-corrected chi connectivity index (χ0v) is 17.2. The number of piperazine rings is 1. The molecule has 1 fully saturated rings. The summed E-state index contributed by atoms with van der Waals surface area (Å²) in [5.41, 5.74) is 3.33. The van der Waals surface area contributed by atoms with E-state index in [1.807, 2.05) is 81.1 Å². The number of nitrogens with zero attached hydrogens (tertiary/aromatic N) is 2. The van der Waals surface area contributed by atoms with Gasteiger partial charge in [-0.15, -0.1) is 0 Å². The fourth-order valence-electron chi connectivity index (χ4n) is 3.31. The molecule has 0 bridgehead atoms. The van der Waals surface area contributed by atoms with Gasteiger partial charge in [-0.3, -0.25) is 9.59 Å². The molecule has 2 aromatic carbocycles. The predicted octanol–water partition coefficient (Wildman–Crippen LogP) is 3.94. The lowest BCUT2D eigenvalue weighted by Crippen LogP contribution is -2.51. The minimum Gasteiger partial charge on any atom is -0.368 e. The van der Waals surface area contributed by atoms with Gasteiger partial charge in [-0.1, -0.05) is 38.5 Å². The lowest BCUT2D eigenvalue weighted by molar-refractivity contribution is -0.139. The van der Waals surface area contributed by atoms with Gasteiger partial charge in [0.2, 0.25) is 5.91 Å². The smallest absolute Gasteiger partial charge is 0.255 e. The van der Waals surface area contributed by atoms with Gasteiger partial charge in [-0.25, -0.2) is 0 Å². The van der Waals surface area contributed by atoms with Gasteiger partial charge in [0.15, 0.2) is 0 Å². The fraction of sp³-hybridized carbons (Fsp3) is 0.391. The molecule has 3 rings (SSSR count). The summed E-state index contributed by atoms with van der Waals surface area (Å²) in [4.78, 5) is 29.0. The van der Waals surface area contributed by atoms with Gasteiger partial charge < -0.3 is 15.1 Å². The Kier molecular flexibility index (Phi) is 5.73. The highest BCUT2D eigenvalue weighted by atomic mass is 16.2. The van der Waals surface area contributed by atoms with Crippen LogP contribution in [0.15, 0.2) is 48.5 Å². The van der Waals surface area contributed by atoms with E-state index in [1.165, 1.54) is 0 Å². The maximum Gasteiger partial charge on any atom is 0.255 e. The third-order valence-electron chi connectivity index (χ3n) is 5.01. The standard InChI is InChI=1S/C23H29N3O2/c1-17-5-7-18(8-6-17)21(27)24-19-9-11-20(12-10-19)25-13-15-26(16-14-25)22(28)23(2,3)4/h5-12H,13-16H2,1-4H3,(H,24,27). The van der Waals surface area contributed by atoms with Crippen molar-refractivity contribution in [3.63, 3.8) is 0 Å². The molecule has 0 saturated carbocycles. The Morgan fingerprint density at radius 3 is 1.96 bits per heavy atom. The Bertz CT molecular complexity index is 828. The summed E-state index contributed by atoms with van der Waals surface area (Å²) in [5, 5.41) is 2.94. The summed E-state index contributed by atoms with van der Waals surface area (Å²) < 4.78 is 0. The van der Waals surface area contributed by atoms with Crippen molar-refractivity contribution in [3.8, 4) is 0 Å². The van der Waals surface area contributed by atoms with E-state index in [1.54, 1.807) is 0 Å². The van der Waals surface area contributed by atoms with Crippen molar-refractivity contribution >= 4 is 23.2 Å². The second-order valence-electron chi connectivity index (χ2n) is 8.40. The van der Waals surface area contributed by atoms with Crippen LogP contribution < -0.4 is 10.2 Å². The van der Waals surface area contributed by atoms with E-state index in [0.29, 0.717) is 5.56 Å². The van der Waals surface area contributed by atoms with Gasteiger partial charge >= 0.3 is 0 Å². The number of rotatable bonds is 3. The molecule has 2 aromatic rings. The number of anilines is 2. The molecular weight excluding hydrogens is 350 g/mol. The van der Waals surface area contributed by atoms with Gasteiger partial charge in [0.1, 0.15) is 0 Å². The second kappa shape index (κ2) is 8.05. The molecule has 1 saturated heterocycles. The van der Waals surface area contributed by atoms with Gasteiger partial charge in [-0.2, -0.15) is 0 Å². The molecule has 0 atom stereocenters. The predicted molar refractivity (Wildman–Crippen MR) is 114 cm³/mol. The van der Waals surface area contributed by atoms with Crippen molar-refractivity contribution in [3.05, 3.63) is 59.7 Å². The van der Waals surface area contributed by atoms with Crippen LogP contribution in [0.5, 0.6) is 0 Å². The number of nitrogens with one attached hydrogen (secondary N) is 1. The molecule has 0 aromatic heterocycles. The first-order chi connectivity index (χ1) is 13.2. The van der Waals surface area contributed by atoms with Crippen LogP contribution >= 0.6 is 0 Å². The average Bonchev–Trinajstić information content (AvgIpc) is 2.68. The van der Waals surface area contributed by atoms with Crippen LogP contribution in [0.1, 0.15) is 36.7 Å². The zero-order chi connectivity index (χ0) is 20.3. The van der Waals surface area contributed by atoms with Crippen molar-refractivity contribution in [2.45, 2.75) is 27.7 Å². The molecule has 2 amide bonds. The molecule has 1 aliphatic heterocycles. The highest BCUT2D eigenvalue weighted by Gasteiger charge is 2.29. The number of carbonyl (C=O) groups excluding carboxylic acids is 2. The fourth-order valence-corrected chi connectivity index (χ4v) is 3.31. The van der Waals surface area contributed by atoms with E-state index < -0.39 is 0 Å². The summed E-state index contributed by atoms with van der Waals surface area (Å²) in [6.07, 6.45) is 0. The second-order valence-corrected chi connectivity index (χ2v) is 8.40. The van der Waals surface area contributed by atoms with Crippen LogP contribution in [0.25, 0.3) is 0 Å². The summed E-state index contributed by atoms with van der Waals surface area (Å²) in [6.45, 7) is 11.0. The Balaban J connectivity index is 1.57. The Labute approximate surface area is 167 Å². The molecular formula is C23H29N3O2. The third kappa shape index (κ3) is 4.71. The number of benzene rings is 2. The van der Waals surface area contributed by atoms with Crippen LogP contribution in [0, 0.1) is 12.3 Å². The molecule has 0 aliphatic carbocycles. The molecule has 148 valence electrons. The van der Waals surface area contributed by atoms with Crippen molar-refractivity contribution < 1.29 is 9.59 Å². The average molecular weight is 380 g/mol. The Morgan fingerprint density at radius 2 is 1.43 bits per heavy atom. The molecule has 1 N–H and O–H groups in total. The minimum absolute atomic E-state index is 0.109. The summed E-state index contributed by atoms with van der Waals surface area (Å²) in [6, 6.07) is 15.4. The molecule has 1 heterocycles. The van der Waals surface area contributed by atoms with E-state index in [9.17, 15) is 9.59 Å². The van der Waals surface area contributed by atoms with E-state index in [4.69, 9.17) is 0 Å². The zero-order valence-electron chi connectivity index (χ0n) is 17.2. The van der Waals surface area contributed by atoms with E-state index in [-0.39, 0.29) is 17.2 Å². The SMILES string of the molecule is Cc1ccc(C(=O)Nc2ccc(N3CCN(C(=O)C(C)(C)C)CC3)cc2)cc1.